The summed E-state index contributed by atoms with van der Waals surface area (Å²) in [7, 11) is 1.46. The van der Waals surface area contributed by atoms with E-state index in [2.05, 4.69) is 21.9 Å². The highest BCUT2D eigenvalue weighted by Gasteiger charge is 2.31. The molecule has 0 saturated heterocycles. The lowest BCUT2D eigenvalue weighted by atomic mass is 10.00. The smallest absolute Gasteiger partial charge is 0.399 e. The van der Waals surface area contributed by atoms with Crippen LogP contribution in [0.4, 0.5) is 13.2 Å². The average Bonchev–Trinajstić information content (AvgIpc) is 2.65. The van der Waals surface area contributed by atoms with Crippen LogP contribution in [0.1, 0.15) is 40.6 Å². The molecule has 0 amide bonds. The second-order valence-electron chi connectivity index (χ2n) is 5.88. The topological polar surface area (TPSA) is 56.1 Å². The summed E-state index contributed by atoms with van der Waals surface area (Å²) in [5.74, 6) is 0. The van der Waals surface area contributed by atoms with Gasteiger partial charge in [0.05, 0.1) is 28.9 Å². The number of pyridine rings is 1. The van der Waals surface area contributed by atoms with E-state index in [1.54, 1.807) is 6.92 Å². The summed E-state index contributed by atoms with van der Waals surface area (Å²) in [6, 6.07) is 7.49. The number of alkyl halides is 3. The molecule has 0 unspecified atom stereocenters. The van der Waals surface area contributed by atoms with Crippen LogP contribution in [0.2, 0.25) is 0 Å². The van der Waals surface area contributed by atoms with E-state index in [1.807, 2.05) is 25.1 Å². The first-order valence-electron chi connectivity index (χ1n) is 8.30. The molecule has 1 heterocycles. The van der Waals surface area contributed by atoms with Crippen molar-refractivity contribution in [3.05, 3.63) is 70.6 Å². The number of oxime groups is 2. The quantitative estimate of drug-likeness (QED) is 0.494. The van der Waals surface area contributed by atoms with Crippen LogP contribution in [-0.2, 0) is 22.5 Å². The van der Waals surface area contributed by atoms with Gasteiger partial charge in [-0.1, -0.05) is 35.1 Å². The van der Waals surface area contributed by atoms with Crippen molar-refractivity contribution >= 4 is 18.0 Å². The number of hydrogen-bond acceptors (Lipinski definition) is 5. The third-order valence-electron chi connectivity index (χ3n) is 3.90. The predicted molar refractivity (Wildman–Crippen MR) is 102 cm³/mol. The fraction of sp³-hybridized carbons (Fsp3) is 0.250. The van der Waals surface area contributed by atoms with Crippen LogP contribution in [0.3, 0.4) is 0 Å². The Hall–Kier alpha value is -3.16. The van der Waals surface area contributed by atoms with Gasteiger partial charge in [0.2, 0.25) is 0 Å². The minimum Gasteiger partial charge on any atom is -0.399 e. The fourth-order valence-electron chi connectivity index (χ4n) is 2.52. The predicted octanol–water partition coefficient (Wildman–Crippen LogP) is 4.97. The van der Waals surface area contributed by atoms with Gasteiger partial charge < -0.3 is 9.68 Å². The van der Waals surface area contributed by atoms with Gasteiger partial charge in [-0.05, 0) is 37.6 Å². The Morgan fingerprint density at radius 2 is 1.96 bits per heavy atom. The van der Waals surface area contributed by atoms with E-state index in [-0.39, 0.29) is 18.0 Å². The molecule has 0 fully saturated rings. The first kappa shape index (κ1) is 21.1. The minimum atomic E-state index is -4.49. The molecule has 5 nitrogen and oxygen atoms in total. The van der Waals surface area contributed by atoms with Gasteiger partial charge in [0.25, 0.3) is 0 Å². The first-order chi connectivity index (χ1) is 13.3. The molecule has 0 saturated carbocycles. The van der Waals surface area contributed by atoms with Crippen molar-refractivity contribution < 1.29 is 22.8 Å². The van der Waals surface area contributed by atoms with Crippen molar-refractivity contribution in [3.63, 3.8) is 0 Å². The van der Waals surface area contributed by atoms with Crippen molar-refractivity contribution in [2.24, 2.45) is 10.3 Å². The largest absolute Gasteiger partial charge is 0.416 e. The molecule has 0 radical (unpaired) electrons. The van der Waals surface area contributed by atoms with Crippen LogP contribution in [0.15, 0.2) is 47.2 Å². The summed E-state index contributed by atoms with van der Waals surface area (Å²) in [5.41, 5.74) is 2.61. The van der Waals surface area contributed by atoms with Gasteiger partial charge in [-0.25, -0.2) is 4.98 Å². The molecule has 1 aromatic heterocycles. The number of aryl methyl sites for hydroxylation is 1. The Morgan fingerprint density at radius 3 is 2.61 bits per heavy atom. The summed E-state index contributed by atoms with van der Waals surface area (Å²) < 4.78 is 38.9. The van der Waals surface area contributed by atoms with E-state index < -0.39 is 11.7 Å². The molecule has 148 valence electrons. The number of rotatable bonds is 7. The zero-order chi connectivity index (χ0) is 20.7. The standard InChI is InChI=1S/C20H20F3N3O2/c1-5-16-9-15(20(21,22)23)10-17(25-16)11-24-28-12-19-13(2)7-6-8-18(19)14(3)26-27-4/h5-11H,1,12H2,2-4H3/b24-11+,26-14-. The molecule has 0 aliphatic carbocycles. The monoisotopic (exact) mass is 391 g/mol. The first-order valence-corrected chi connectivity index (χ1v) is 8.30. The second kappa shape index (κ2) is 9.16. The van der Waals surface area contributed by atoms with Gasteiger partial charge in [-0.2, -0.15) is 13.2 Å². The molecule has 28 heavy (non-hydrogen) atoms. The Balaban J connectivity index is 2.20. The van der Waals surface area contributed by atoms with Gasteiger partial charge in [0.15, 0.2) is 0 Å². The summed E-state index contributed by atoms with van der Waals surface area (Å²) in [4.78, 5) is 14.1. The number of benzene rings is 1. The lowest BCUT2D eigenvalue weighted by Crippen LogP contribution is -2.07. The summed E-state index contributed by atoms with van der Waals surface area (Å²) in [5, 5.41) is 7.68. The van der Waals surface area contributed by atoms with Crippen molar-refractivity contribution in [2.75, 3.05) is 7.11 Å². The van der Waals surface area contributed by atoms with E-state index >= 15 is 0 Å². The fourth-order valence-corrected chi connectivity index (χ4v) is 2.52. The maximum Gasteiger partial charge on any atom is 0.416 e. The highest BCUT2D eigenvalue weighted by Crippen LogP contribution is 2.30. The van der Waals surface area contributed by atoms with Crippen LogP contribution in [0, 0.1) is 6.92 Å². The molecular formula is C20H20F3N3O2. The third-order valence-corrected chi connectivity index (χ3v) is 3.90. The van der Waals surface area contributed by atoms with Crippen LogP contribution >= 0.6 is 0 Å². The highest BCUT2D eigenvalue weighted by atomic mass is 19.4. The van der Waals surface area contributed by atoms with Crippen LogP contribution in [0.25, 0.3) is 6.08 Å². The highest BCUT2D eigenvalue weighted by molar-refractivity contribution is 5.99. The van der Waals surface area contributed by atoms with E-state index in [9.17, 15) is 13.2 Å². The molecule has 2 rings (SSSR count). The third kappa shape index (κ3) is 5.42. The Morgan fingerprint density at radius 1 is 1.25 bits per heavy atom. The molecule has 0 N–H and O–H groups in total. The van der Waals surface area contributed by atoms with E-state index in [0.717, 1.165) is 35.0 Å². The van der Waals surface area contributed by atoms with Crippen LogP contribution < -0.4 is 0 Å². The lowest BCUT2D eigenvalue weighted by Gasteiger charge is -2.11. The van der Waals surface area contributed by atoms with Crippen molar-refractivity contribution in [2.45, 2.75) is 26.6 Å². The molecule has 8 heteroatoms. The van der Waals surface area contributed by atoms with Crippen molar-refractivity contribution in [3.8, 4) is 0 Å². The number of aromatic nitrogens is 1. The molecular weight excluding hydrogens is 371 g/mol. The molecule has 2 aromatic rings. The van der Waals surface area contributed by atoms with Gasteiger partial charge in [-0.15, -0.1) is 0 Å². The number of hydrogen-bond donors (Lipinski definition) is 0. The normalized spacial score (nSPS) is 12.3. The Bertz CT molecular complexity index is 906. The summed E-state index contributed by atoms with van der Waals surface area (Å²) in [6.07, 6.45) is -2.11. The molecule has 0 aliphatic rings. The van der Waals surface area contributed by atoms with Gasteiger partial charge in [0, 0.05) is 11.1 Å². The van der Waals surface area contributed by atoms with E-state index in [4.69, 9.17) is 9.68 Å². The maximum absolute atomic E-state index is 13.0. The van der Waals surface area contributed by atoms with Gasteiger partial charge >= 0.3 is 6.18 Å². The van der Waals surface area contributed by atoms with Crippen molar-refractivity contribution in [1.29, 1.82) is 0 Å². The van der Waals surface area contributed by atoms with Crippen LogP contribution in [0.5, 0.6) is 0 Å². The second-order valence-corrected chi connectivity index (χ2v) is 5.88. The maximum atomic E-state index is 13.0. The van der Waals surface area contributed by atoms with Gasteiger partial charge in [-0.3, -0.25) is 0 Å². The van der Waals surface area contributed by atoms with Crippen LogP contribution in [-0.4, -0.2) is 24.0 Å². The van der Waals surface area contributed by atoms with E-state index in [0.29, 0.717) is 5.71 Å². The molecule has 1 aromatic carbocycles. The number of halogens is 3. The molecule has 0 spiro atoms. The van der Waals surface area contributed by atoms with Gasteiger partial charge in [0.1, 0.15) is 13.7 Å². The van der Waals surface area contributed by atoms with Crippen molar-refractivity contribution in [1.82, 2.24) is 4.98 Å². The lowest BCUT2D eigenvalue weighted by molar-refractivity contribution is -0.137. The molecule has 0 bridgehead atoms. The van der Waals surface area contributed by atoms with E-state index in [1.165, 1.54) is 13.2 Å². The minimum absolute atomic E-state index is 0.0202. The Kier molecular flexibility index (Phi) is 6.92. The zero-order valence-electron chi connectivity index (χ0n) is 15.7. The summed E-state index contributed by atoms with van der Waals surface area (Å²) in [6.45, 7) is 7.28. The summed E-state index contributed by atoms with van der Waals surface area (Å²) >= 11 is 0. The molecule has 0 atom stereocenters. The average molecular weight is 391 g/mol. The Labute approximate surface area is 161 Å². The number of nitrogens with zero attached hydrogens (tertiary/aromatic N) is 3. The zero-order valence-corrected chi connectivity index (χ0v) is 15.7. The SMILES string of the molecule is C=Cc1cc(C(F)(F)F)cc(/C=N/OCc2c(C)cccc2/C(C)=N\OC)n1. The molecule has 0 aliphatic heterocycles.